The first-order valence-corrected chi connectivity index (χ1v) is 10.2. The van der Waals surface area contributed by atoms with E-state index in [9.17, 15) is 0 Å². The molecule has 3 N–H and O–H groups in total. The highest BCUT2D eigenvalue weighted by atomic mass is 16.5. The Morgan fingerprint density at radius 3 is 1.87 bits per heavy atom. The quantitative estimate of drug-likeness (QED) is 0.403. The molecular weight excluding hydrogens is 372 g/mol. The van der Waals surface area contributed by atoms with Crippen molar-refractivity contribution in [3.05, 3.63) is 72.8 Å². The van der Waals surface area contributed by atoms with Crippen LogP contribution in [0, 0.1) is 0 Å². The maximum absolute atomic E-state index is 6.31. The third-order valence-electron chi connectivity index (χ3n) is 4.48. The van der Waals surface area contributed by atoms with Crippen LogP contribution < -0.4 is 20.5 Å². The van der Waals surface area contributed by atoms with E-state index in [4.69, 9.17) is 15.2 Å². The van der Waals surface area contributed by atoms with Gasteiger partial charge >= 0.3 is 0 Å². The Morgan fingerprint density at radius 1 is 0.833 bits per heavy atom. The summed E-state index contributed by atoms with van der Waals surface area (Å²) < 4.78 is 11.5. The Morgan fingerprint density at radius 2 is 1.37 bits per heavy atom. The number of ether oxygens (including phenoxy) is 2. The normalized spacial score (nSPS) is 10.9. The van der Waals surface area contributed by atoms with E-state index in [1.807, 2.05) is 76.2 Å². The van der Waals surface area contributed by atoms with Crippen molar-refractivity contribution < 1.29 is 9.47 Å². The second kappa shape index (κ2) is 9.40. The highest BCUT2D eigenvalue weighted by molar-refractivity contribution is 5.85. The van der Waals surface area contributed by atoms with Gasteiger partial charge in [0.15, 0.2) is 0 Å². The number of nitrogens with two attached hydrogens (primary N) is 1. The molecule has 3 aromatic rings. The zero-order valence-electron chi connectivity index (χ0n) is 18.1. The Labute approximate surface area is 179 Å². The summed E-state index contributed by atoms with van der Waals surface area (Å²) in [5.41, 5.74) is 11.9. The number of anilines is 3. The van der Waals surface area contributed by atoms with Crippen LogP contribution in [0.4, 0.5) is 17.1 Å². The average molecular weight is 403 g/mol. The van der Waals surface area contributed by atoms with Gasteiger partial charge in [-0.3, -0.25) is 0 Å². The van der Waals surface area contributed by atoms with Crippen LogP contribution >= 0.6 is 0 Å². The van der Waals surface area contributed by atoms with Crippen LogP contribution in [0.1, 0.15) is 33.3 Å². The SMILES string of the molecule is C=Cc1cc(N)c(Nc2ccc(OC(C)C)cc2)cc1-c1ccc(OC(C)C)cc1. The molecule has 0 bridgehead atoms. The minimum absolute atomic E-state index is 0.143. The number of benzene rings is 3. The molecule has 0 fully saturated rings. The topological polar surface area (TPSA) is 56.5 Å². The molecule has 0 spiro atoms. The molecule has 0 aromatic heterocycles. The zero-order valence-corrected chi connectivity index (χ0v) is 18.1. The van der Waals surface area contributed by atoms with Crippen LogP contribution in [0.2, 0.25) is 0 Å². The first kappa shape index (κ1) is 21.3. The number of nitrogens with one attached hydrogen (secondary N) is 1. The van der Waals surface area contributed by atoms with Gasteiger partial charge in [0.2, 0.25) is 0 Å². The maximum atomic E-state index is 6.31. The van der Waals surface area contributed by atoms with Crippen LogP contribution in [0.25, 0.3) is 17.2 Å². The molecule has 0 heterocycles. The van der Waals surface area contributed by atoms with E-state index in [1.54, 1.807) is 0 Å². The molecule has 0 aliphatic heterocycles. The highest BCUT2D eigenvalue weighted by Gasteiger charge is 2.10. The lowest BCUT2D eigenvalue weighted by Crippen LogP contribution is -2.05. The summed E-state index contributed by atoms with van der Waals surface area (Å²) in [4.78, 5) is 0. The predicted octanol–water partition coefficient (Wildman–Crippen LogP) is 6.90. The smallest absolute Gasteiger partial charge is 0.119 e. The average Bonchev–Trinajstić information content (AvgIpc) is 2.70. The Bertz CT molecular complexity index is 991. The molecule has 0 radical (unpaired) electrons. The largest absolute Gasteiger partial charge is 0.491 e. The van der Waals surface area contributed by atoms with E-state index in [1.165, 1.54) is 0 Å². The van der Waals surface area contributed by atoms with Crippen LogP contribution in [0.5, 0.6) is 11.5 Å². The van der Waals surface area contributed by atoms with Crippen LogP contribution in [0.3, 0.4) is 0 Å². The summed E-state index contributed by atoms with van der Waals surface area (Å²) in [6, 6.07) is 19.9. The second-order valence-corrected chi connectivity index (χ2v) is 7.74. The Kier molecular flexibility index (Phi) is 6.68. The third-order valence-corrected chi connectivity index (χ3v) is 4.48. The first-order chi connectivity index (χ1) is 14.4. The Hall–Kier alpha value is -3.40. The van der Waals surface area contributed by atoms with E-state index in [0.29, 0.717) is 5.69 Å². The molecule has 0 unspecified atom stereocenters. The van der Waals surface area contributed by atoms with Gasteiger partial charge in [-0.15, -0.1) is 0 Å². The van der Waals surface area contributed by atoms with Gasteiger partial charge in [0, 0.05) is 5.69 Å². The third kappa shape index (κ3) is 5.35. The van der Waals surface area contributed by atoms with Gasteiger partial charge in [-0.05, 0) is 92.9 Å². The van der Waals surface area contributed by atoms with Gasteiger partial charge in [0.25, 0.3) is 0 Å². The zero-order chi connectivity index (χ0) is 21.7. The standard InChI is InChI=1S/C26H30N2O2/c1-6-19-15-25(27)26(28-21-9-13-23(14-10-21)30-18(4)5)16-24(19)20-7-11-22(12-8-20)29-17(2)3/h6-18,28H,1,27H2,2-5H3. The van der Waals surface area contributed by atoms with E-state index in [-0.39, 0.29) is 12.2 Å². The van der Waals surface area contributed by atoms with Crippen molar-refractivity contribution in [1.29, 1.82) is 0 Å². The van der Waals surface area contributed by atoms with Gasteiger partial charge in [-0.25, -0.2) is 0 Å². The molecular formula is C26H30N2O2. The van der Waals surface area contributed by atoms with Crippen molar-refractivity contribution in [2.75, 3.05) is 11.1 Å². The number of nitrogen functional groups attached to an aromatic ring is 1. The van der Waals surface area contributed by atoms with Crippen LogP contribution in [-0.4, -0.2) is 12.2 Å². The van der Waals surface area contributed by atoms with Gasteiger partial charge in [-0.1, -0.05) is 24.8 Å². The summed E-state index contributed by atoms with van der Waals surface area (Å²) >= 11 is 0. The lowest BCUT2D eigenvalue weighted by molar-refractivity contribution is 0.242. The summed E-state index contributed by atoms with van der Waals surface area (Å²) in [6.07, 6.45) is 2.11. The van der Waals surface area contributed by atoms with Crippen molar-refractivity contribution in [3.63, 3.8) is 0 Å². The molecule has 3 aromatic carbocycles. The summed E-state index contributed by atoms with van der Waals surface area (Å²) in [5.74, 6) is 1.70. The van der Waals surface area contributed by atoms with Crippen molar-refractivity contribution in [3.8, 4) is 22.6 Å². The van der Waals surface area contributed by atoms with Gasteiger partial charge in [-0.2, -0.15) is 0 Å². The molecule has 3 rings (SSSR count). The lowest BCUT2D eigenvalue weighted by Gasteiger charge is -2.16. The molecule has 0 aliphatic rings. The van der Waals surface area contributed by atoms with E-state index >= 15 is 0 Å². The van der Waals surface area contributed by atoms with Crippen LogP contribution in [0.15, 0.2) is 67.2 Å². The molecule has 0 aliphatic carbocycles. The van der Waals surface area contributed by atoms with Crippen molar-refractivity contribution >= 4 is 23.1 Å². The minimum Gasteiger partial charge on any atom is -0.491 e. The fourth-order valence-electron chi connectivity index (χ4n) is 3.19. The van der Waals surface area contributed by atoms with Gasteiger partial charge in [0.1, 0.15) is 11.5 Å². The molecule has 4 heteroatoms. The molecule has 30 heavy (non-hydrogen) atoms. The number of hydrogen-bond acceptors (Lipinski definition) is 4. The molecule has 0 saturated heterocycles. The molecule has 4 nitrogen and oxygen atoms in total. The first-order valence-electron chi connectivity index (χ1n) is 10.2. The molecule has 0 atom stereocenters. The molecule has 0 amide bonds. The minimum atomic E-state index is 0.143. The van der Waals surface area contributed by atoms with Gasteiger partial charge < -0.3 is 20.5 Å². The summed E-state index contributed by atoms with van der Waals surface area (Å²) in [5, 5.41) is 3.41. The monoisotopic (exact) mass is 402 g/mol. The summed E-state index contributed by atoms with van der Waals surface area (Å²) in [7, 11) is 0. The van der Waals surface area contributed by atoms with E-state index < -0.39 is 0 Å². The van der Waals surface area contributed by atoms with Crippen molar-refractivity contribution in [2.24, 2.45) is 0 Å². The highest BCUT2D eigenvalue weighted by Crippen LogP contribution is 2.34. The second-order valence-electron chi connectivity index (χ2n) is 7.74. The number of rotatable bonds is 8. The van der Waals surface area contributed by atoms with E-state index in [0.717, 1.165) is 39.6 Å². The van der Waals surface area contributed by atoms with Gasteiger partial charge in [0.05, 0.1) is 23.6 Å². The summed E-state index contributed by atoms with van der Waals surface area (Å²) in [6.45, 7) is 12.0. The van der Waals surface area contributed by atoms with Crippen molar-refractivity contribution in [2.45, 2.75) is 39.9 Å². The number of hydrogen-bond donors (Lipinski definition) is 2. The molecule has 156 valence electrons. The fraction of sp³-hybridized carbons (Fsp3) is 0.231. The predicted molar refractivity (Wildman–Crippen MR) is 128 cm³/mol. The fourth-order valence-corrected chi connectivity index (χ4v) is 3.19. The Balaban J connectivity index is 1.88. The molecule has 0 saturated carbocycles. The van der Waals surface area contributed by atoms with Crippen LogP contribution in [-0.2, 0) is 0 Å². The van der Waals surface area contributed by atoms with Crippen molar-refractivity contribution in [1.82, 2.24) is 0 Å². The maximum Gasteiger partial charge on any atom is 0.119 e. The van der Waals surface area contributed by atoms with E-state index in [2.05, 4.69) is 30.1 Å². The lowest BCUT2D eigenvalue weighted by atomic mass is 9.97.